The van der Waals surface area contributed by atoms with Crippen LogP contribution in [0.25, 0.3) is 0 Å². The van der Waals surface area contributed by atoms with E-state index in [2.05, 4.69) is 15.6 Å². The first-order chi connectivity index (χ1) is 11.3. The van der Waals surface area contributed by atoms with Gasteiger partial charge in [0.05, 0.1) is 0 Å². The molecule has 0 bridgehead atoms. The Morgan fingerprint density at radius 2 is 1.91 bits per heavy atom. The Morgan fingerprint density at radius 3 is 2.61 bits per heavy atom. The van der Waals surface area contributed by atoms with Crippen LogP contribution >= 0.6 is 0 Å². The summed E-state index contributed by atoms with van der Waals surface area (Å²) >= 11 is 0. The van der Waals surface area contributed by atoms with E-state index >= 15 is 0 Å². The molecule has 0 saturated carbocycles. The number of aliphatic imine (C=N–C) groups is 1. The number of para-hydroxylation sites is 1. The third kappa shape index (κ3) is 4.32. The van der Waals surface area contributed by atoms with Gasteiger partial charge in [-0.15, -0.1) is 0 Å². The summed E-state index contributed by atoms with van der Waals surface area (Å²) in [6.07, 6.45) is 1.07. The van der Waals surface area contributed by atoms with Gasteiger partial charge in [-0.25, -0.2) is 0 Å². The number of carbonyl (C=O) groups excluding carboxylic acids is 1. The molecule has 0 aromatic heterocycles. The lowest BCUT2D eigenvalue weighted by atomic mass is 10.2. The summed E-state index contributed by atoms with van der Waals surface area (Å²) in [6.45, 7) is 1.80. The van der Waals surface area contributed by atoms with Crippen molar-refractivity contribution in [2.24, 2.45) is 4.99 Å². The fourth-order valence-corrected chi connectivity index (χ4v) is 2.30. The summed E-state index contributed by atoms with van der Waals surface area (Å²) in [5, 5.41) is 6.06. The second-order valence-corrected chi connectivity index (χ2v) is 5.24. The van der Waals surface area contributed by atoms with Gasteiger partial charge in [-0.3, -0.25) is 9.79 Å². The Hall–Kier alpha value is -2.82. The molecule has 1 heterocycles. The quantitative estimate of drug-likeness (QED) is 0.892. The van der Waals surface area contributed by atoms with Gasteiger partial charge in [0.1, 0.15) is 11.6 Å². The van der Waals surface area contributed by atoms with E-state index in [1.54, 1.807) is 0 Å². The highest BCUT2D eigenvalue weighted by atomic mass is 16.5. The maximum Gasteiger partial charge on any atom is 0.262 e. The van der Waals surface area contributed by atoms with Crippen molar-refractivity contribution >= 4 is 17.4 Å². The Bertz CT molecular complexity index is 681. The molecule has 5 heteroatoms. The van der Waals surface area contributed by atoms with E-state index in [-0.39, 0.29) is 12.5 Å². The lowest BCUT2D eigenvalue weighted by Crippen LogP contribution is -2.30. The summed E-state index contributed by atoms with van der Waals surface area (Å²) < 4.78 is 5.51. The molecule has 0 unspecified atom stereocenters. The van der Waals surface area contributed by atoms with E-state index in [4.69, 9.17) is 4.74 Å². The summed E-state index contributed by atoms with van der Waals surface area (Å²) in [6, 6.07) is 16.9. The second-order valence-electron chi connectivity index (χ2n) is 5.24. The zero-order valence-corrected chi connectivity index (χ0v) is 12.8. The second kappa shape index (κ2) is 7.45. The van der Waals surface area contributed by atoms with Crippen molar-refractivity contribution < 1.29 is 9.53 Å². The molecule has 23 heavy (non-hydrogen) atoms. The van der Waals surface area contributed by atoms with Gasteiger partial charge >= 0.3 is 0 Å². The third-order valence-electron chi connectivity index (χ3n) is 3.45. The number of amidine groups is 1. The minimum absolute atomic E-state index is 0.0204. The van der Waals surface area contributed by atoms with Crippen LogP contribution in [0.15, 0.2) is 59.6 Å². The van der Waals surface area contributed by atoms with Crippen LogP contribution in [-0.4, -0.2) is 31.4 Å². The van der Waals surface area contributed by atoms with Crippen LogP contribution in [0.2, 0.25) is 0 Å². The topological polar surface area (TPSA) is 62.7 Å². The predicted octanol–water partition coefficient (Wildman–Crippen LogP) is 2.44. The van der Waals surface area contributed by atoms with Gasteiger partial charge in [-0.1, -0.05) is 18.2 Å². The van der Waals surface area contributed by atoms with Crippen LogP contribution in [0.3, 0.4) is 0 Å². The number of carbonyl (C=O) groups is 1. The fourth-order valence-electron chi connectivity index (χ4n) is 2.30. The molecule has 0 aliphatic carbocycles. The fraction of sp³-hybridized carbons (Fsp3) is 0.222. The zero-order chi connectivity index (χ0) is 15.9. The maximum atomic E-state index is 11.8. The number of nitrogens with one attached hydrogen (secondary N) is 2. The largest absolute Gasteiger partial charge is 0.484 e. The first-order valence-corrected chi connectivity index (χ1v) is 7.68. The molecule has 2 aromatic carbocycles. The Balaban J connectivity index is 1.52. The highest BCUT2D eigenvalue weighted by molar-refractivity contribution is 5.99. The predicted molar refractivity (Wildman–Crippen MR) is 91.0 cm³/mol. The van der Waals surface area contributed by atoms with Crippen molar-refractivity contribution in [3.8, 4) is 5.75 Å². The minimum Gasteiger partial charge on any atom is -0.484 e. The lowest BCUT2D eigenvalue weighted by molar-refractivity contribution is -0.118. The molecular formula is C18H19N3O2. The first kappa shape index (κ1) is 15.1. The minimum atomic E-state index is -0.182. The van der Waals surface area contributed by atoms with E-state index < -0.39 is 0 Å². The number of rotatable bonds is 5. The molecule has 2 aromatic rings. The smallest absolute Gasteiger partial charge is 0.262 e. The van der Waals surface area contributed by atoms with Crippen LogP contribution in [0.5, 0.6) is 5.75 Å². The average Bonchev–Trinajstić information content (AvgIpc) is 2.62. The van der Waals surface area contributed by atoms with Crippen molar-refractivity contribution in [2.75, 3.05) is 25.0 Å². The maximum absolute atomic E-state index is 11.8. The number of amides is 1. The SMILES string of the molecule is O=C(COc1ccc(C2=NCCCN2)cc1)Nc1ccccc1. The summed E-state index contributed by atoms with van der Waals surface area (Å²) in [4.78, 5) is 16.3. The van der Waals surface area contributed by atoms with Crippen molar-refractivity contribution in [3.05, 3.63) is 60.2 Å². The number of anilines is 1. The first-order valence-electron chi connectivity index (χ1n) is 7.68. The number of benzene rings is 2. The van der Waals surface area contributed by atoms with Gasteiger partial charge in [0.2, 0.25) is 0 Å². The molecule has 3 rings (SSSR count). The van der Waals surface area contributed by atoms with Gasteiger partial charge < -0.3 is 15.4 Å². The molecule has 5 nitrogen and oxygen atoms in total. The lowest BCUT2D eigenvalue weighted by Gasteiger charge is -2.15. The molecule has 0 radical (unpaired) electrons. The highest BCUT2D eigenvalue weighted by Gasteiger charge is 2.07. The standard InChI is InChI=1S/C18H19N3O2/c22-17(21-15-5-2-1-3-6-15)13-23-16-9-7-14(8-10-16)18-19-11-4-12-20-18/h1-3,5-10H,4,11-13H2,(H,19,20)(H,21,22). The van der Waals surface area contributed by atoms with E-state index in [0.717, 1.165) is 36.6 Å². The molecule has 118 valence electrons. The van der Waals surface area contributed by atoms with E-state index in [1.165, 1.54) is 0 Å². The van der Waals surface area contributed by atoms with Crippen LogP contribution < -0.4 is 15.4 Å². The monoisotopic (exact) mass is 309 g/mol. The van der Waals surface area contributed by atoms with Crippen molar-refractivity contribution in [1.82, 2.24) is 5.32 Å². The summed E-state index contributed by atoms with van der Waals surface area (Å²) in [7, 11) is 0. The van der Waals surface area contributed by atoms with Crippen LogP contribution in [0.4, 0.5) is 5.69 Å². The van der Waals surface area contributed by atoms with Crippen LogP contribution in [-0.2, 0) is 4.79 Å². The molecule has 2 N–H and O–H groups in total. The number of hydrogen-bond donors (Lipinski definition) is 2. The number of ether oxygens (including phenoxy) is 1. The number of hydrogen-bond acceptors (Lipinski definition) is 4. The highest BCUT2D eigenvalue weighted by Crippen LogP contribution is 2.13. The Morgan fingerprint density at radius 1 is 1.13 bits per heavy atom. The van der Waals surface area contributed by atoms with Crippen LogP contribution in [0.1, 0.15) is 12.0 Å². The molecule has 1 aliphatic heterocycles. The van der Waals surface area contributed by atoms with E-state index in [0.29, 0.717) is 5.75 Å². The molecular weight excluding hydrogens is 290 g/mol. The van der Waals surface area contributed by atoms with Gasteiger partial charge in [0, 0.05) is 24.3 Å². The molecule has 0 fully saturated rings. The normalized spacial score (nSPS) is 13.7. The van der Waals surface area contributed by atoms with Crippen molar-refractivity contribution in [1.29, 1.82) is 0 Å². The van der Waals surface area contributed by atoms with Gasteiger partial charge in [0.15, 0.2) is 6.61 Å². The van der Waals surface area contributed by atoms with E-state index in [1.807, 2.05) is 54.6 Å². The molecule has 0 spiro atoms. The van der Waals surface area contributed by atoms with Crippen molar-refractivity contribution in [3.63, 3.8) is 0 Å². The van der Waals surface area contributed by atoms with Crippen molar-refractivity contribution in [2.45, 2.75) is 6.42 Å². The van der Waals surface area contributed by atoms with Gasteiger partial charge in [0.25, 0.3) is 5.91 Å². The van der Waals surface area contributed by atoms with E-state index in [9.17, 15) is 4.79 Å². The molecule has 1 aliphatic rings. The van der Waals surface area contributed by atoms with Crippen LogP contribution in [0, 0.1) is 0 Å². The molecule has 0 saturated heterocycles. The average molecular weight is 309 g/mol. The zero-order valence-electron chi connectivity index (χ0n) is 12.8. The number of nitrogens with zero attached hydrogens (tertiary/aromatic N) is 1. The van der Waals surface area contributed by atoms with Gasteiger partial charge in [-0.2, -0.15) is 0 Å². The van der Waals surface area contributed by atoms with Gasteiger partial charge in [-0.05, 0) is 42.8 Å². The Kier molecular flexibility index (Phi) is 4.88. The summed E-state index contributed by atoms with van der Waals surface area (Å²) in [5.74, 6) is 1.40. The molecule has 1 amide bonds. The molecule has 0 atom stereocenters. The third-order valence-corrected chi connectivity index (χ3v) is 3.45. The Labute approximate surface area is 135 Å². The summed E-state index contributed by atoms with van der Waals surface area (Å²) in [5.41, 5.74) is 1.80.